The molecule has 0 aliphatic heterocycles. The molecule has 0 saturated heterocycles. The highest BCUT2D eigenvalue weighted by molar-refractivity contribution is 6.18. The molecule has 0 aromatic carbocycles. The van der Waals surface area contributed by atoms with Crippen LogP contribution in [0.25, 0.3) is 0 Å². The molecule has 0 aromatic heterocycles. The van der Waals surface area contributed by atoms with Crippen LogP contribution in [0.1, 0.15) is 32.1 Å². The quantitative estimate of drug-likeness (QED) is 0.493. The fourth-order valence-electron chi connectivity index (χ4n) is 2.63. The van der Waals surface area contributed by atoms with Crippen molar-refractivity contribution in [3.05, 3.63) is 11.6 Å². The number of hydrogen-bond acceptors (Lipinski definition) is 1. The summed E-state index contributed by atoms with van der Waals surface area (Å²) < 4.78 is 0. The van der Waals surface area contributed by atoms with Crippen molar-refractivity contribution < 1.29 is 4.79 Å². The Morgan fingerprint density at radius 1 is 1.54 bits per heavy atom. The van der Waals surface area contributed by atoms with Crippen LogP contribution in [-0.4, -0.2) is 11.7 Å². The van der Waals surface area contributed by atoms with Gasteiger partial charge in [0.15, 0.2) is 0 Å². The first kappa shape index (κ1) is 9.26. The second kappa shape index (κ2) is 3.83. The number of hydrogen-bond donors (Lipinski definition) is 0. The third-order valence-electron chi connectivity index (χ3n) is 3.35. The van der Waals surface area contributed by atoms with E-state index in [0.29, 0.717) is 17.6 Å². The third-order valence-corrected chi connectivity index (χ3v) is 3.54. The Morgan fingerprint density at radius 2 is 2.38 bits per heavy atom. The van der Waals surface area contributed by atoms with E-state index in [2.05, 4.69) is 6.08 Å². The van der Waals surface area contributed by atoms with E-state index in [4.69, 9.17) is 11.6 Å². The average Bonchev–Trinajstić information content (AvgIpc) is 2.49. The van der Waals surface area contributed by atoms with Crippen LogP contribution < -0.4 is 0 Å². The number of Topliss-reactive ketones (excluding diaryl/α,β-unsaturated/α-hetero) is 1. The average molecular weight is 199 g/mol. The molecule has 2 aliphatic rings. The predicted octanol–water partition coefficient (Wildman–Crippen LogP) is 2.93. The van der Waals surface area contributed by atoms with Crippen molar-refractivity contribution in [1.29, 1.82) is 0 Å². The predicted molar refractivity (Wildman–Crippen MR) is 53.9 cm³/mol. The maximum absolute atomic E-state index is 11.3. The molecule has 2 atom stereocenters. The molecule has 13 heavy (non-hydrogen) atoms. The molecule has 0 spiro atoms. The Labute approximate surface area is 84.2 Å². The summed E-state index contributed by atoms with van der Waals surface area (Å²) in [5.41, 5.74) is 1.45. The van der Waals surface area contributed by atoms with Crippen LogP contribution in [0, 0.1) is 11.8 Å². The summed E-state index contributed by atoms with van der Waals surface area (Å²) in [6.07, 6.45) is 7.18. The van der Waals surface area contributed by atoms with Crippen molar-refractivity contribution in [2.45, 2.75) is 32.1 Å². The number of carbonyl (C=O) groups excluding carboxylic acids is 1. The highest BCUT2D eigenvalue weighted by Crippen LogP contribution is 2.42. The van der Waals surface area contributed by atoms with E-state index in [-0.39, 0.29) is 0 Å². The first-order valence-corrected chi connectivity index (χ1v) is 5.61. The fourth-order valence-corrected chi connectivity index (χ4v) is 2.85. The monoisotopic (exact) mass is 198 g/mol. The van der Waals surface area contributed by atoms with E-state index in [0.717, 1.165) is 31.6 Å². The zero-order valence-electron chi connectivity index (χ0n) is 7.76. The lowest BCUT2D eigenvalue weighted by molar-refractivity contribution is -0.122. The van der Waals surface area contributed by atoms with Gasteiger partial charge in [0, 0.05) is 18.7 Å². The van der Waals surface area contributed by atoms with Crippen molar-refractivity contribution in [2.24, 2.45) is 11.8 Å². The van der Waals surface area contributed by atoms with E-state index in [1.165, 1.54) is 12.0 Å². The lowest BCUT2D eigenvalue weighted by atomic mass is 9.77. The Hall–Kier alpha value is -0.300. The minimum atomic E-state index is 0.448. The number of alkyl halides is 1. The minimum Gasteiger partial charge on any atom is -0.300 e. The van der Waals surface area contributed by atoms with Gasteiger partial charge >= 0.3 is 0 Å². The second-order valence-corrected chi connectivity index (χ2v) is 4.48. The summed E-state index contributed by atoms with van der Waals surface area (Å²) in [7, 11) is 0. The van der Waals surface area contributed by atoms with E-state index < -0.39 is 0 Å². The lowest BCUT2D eigenvalue weighted by Gasteiger charge is -2.26. The van der Waals surface area contributed by atoms with E-state index in [1.807, 2.05) is 0 Å². The van der Waals surface area contributed by atoms with Gasteiger partial charge in [-0.15, -0.1) is 11.6 Å². The molecule has 1 fully saturated rings. The molecule has 0 radical (unpaired) electrons. The summed E-state index contributed by atoms with van der Waals surface area (Å²) in [5, 5.41) is 0. The van der Waals surface area contributed by atoms with Gasteiger partial charge in [0.2, 0.25) is 0 Å². The van der Waals surface area contributed by atoms with Gasteiger partial charge in [0.05, 0.1) is 0 Å². The molecule has 2 rings (SSSR count). The molecular formula is C11H15ClO. The Balaban J connectivity index is 2.04. The third kappa shape index (κ3) is 1.80. The zero-order valence-corrected chi connectivity index (χ0v) is 8.52. The Kier molecular flexibility index (Phi) is 2.73. The molecular weight excluding hydrogens is 184 g/mol. The first-order valence-electron chi connectivity index (χ1n) is 5.08. The van der Waals surface area contributed by atoms with Gasteiger partial charge in [0.25, 0.3) is 0 Å². The number of halogens is 1. The molecule has 0 unspecified atom stereocenters. The van der Waals surface area contributed by atoms with Gasteiger partial charge in [-0.3, -0.25) is 4.79 Å². The van der Waals surface area contributed by atoms with Crippen molar-refractivity contribution in [3.63, 3.8) is 0 Å². The van der Waals surface area contributed by atoms with Crippen LogP contribution in [0.15, 0.2) is 11.6 Å². The van der Waals surface area contributed by atoms with Crippen LogP contribution >= 0.6 is 11.6 Å². The number of ketones is 1. The molecule has 1 nitrogen and oxygen atoms in total. The van der Waals surface area contributed by atoms with E-state index in [9.17, 15) is 4.79 Å². The van der Waals surface area contributed by atoms with Gasteiger partial charge in [-0.25, -0.2) is 0 Å². The normalized spacial score (nSPS) is 33.0. The highest BCUT2D eigenvalue weighted by Gasteiger charge is 2.34. The maximum Gasteiger partial charge on any atom is 0.133 e. The summed E-state index contributed by atoms with van der Waals surface area (Å²) in [4.78, 5) is 11.3. The van der Waals surface area contributed by atoms with Crippen LogP contribution in [0.4, 0.5) is 0 Å². The Bertz CT molecular complexity index is 244. The van der Waals surface area contributed by atoms with E-state index in [1.54, 1.807) is 0 Å². The van der Waals surface area contributed by atoms with Gasteiger partial charge in [0.1, 0.15) is 5.78 Å². The van der Waals surface area contributed by atoms with Gasteiger partial charge < -0.3 is 0 Å². The fraction of sp³-hybridized carbons (Fsp3) is 0.727. The molecule has 0 bridgehead atoms. The van der Waals surface area contributed by atoms with Crippen molar-refractivity contribution >= 4 is 17.4 Å². The summed E-state index contributed by atoms with van der Waals surface area (Å²) >= 11 is 5.72. The standard InChI is InChI=1S/C11H15ClO/c12-6-5-9-2-1-8-3-4-10(13)7-11(8)9/h2,8,11H,1,3-7H2/t8-,11+/m1/s1. The molecule has 0 N–H and O–H groups in total. The van der Waals surface area contributed by atoms with Gasteiger partial charge in [-0.05, 0) is 31.1 Å². The van der Waals surface area contributed by atoms with Crippen molar-refractivity contribution in [1.82, 2.24) is 0 Å². The SMILES string of the molecule is O=C1CC[C@H]2CC=C(CCCl)[C@H]2C1. The maximum atomic E-state index is 11.3. The van der Waals surface area contributed by atoms with Crippen LogP contribution in [-0.2, 0) is 4.79 Å². The molecule has 2 heteroatoms. The first-order chi connectivity index (χ1) is 6.31. The Morgan fingerprint density at radius 3 is 3.15 bits per heavy atom. The second-order valence-electron chi connectivity index (χ2n) is 4.10. The molecule has 72 valence electrons. The number of allylic oxidation sites excluding steroid dienone is 2. The lowest BCUT2D eigenvalue weighted by Crippen LogP contribution is -2.22. The number of rotatable bonds is 2. The molecule has 1 saturated carbocycles. The van der Waals surface area contributed by atoms with Crippen LogP contribution in [0.2, 0.25) is 0 Å². The smallest absolute Gasteiger partial charge is 0.133 e. The van der Waals surface area contributed by atoms with E-state index >= 15 is 0 Å². The van der Waals surface area contributed by atoms with Crippen molar-refractivity contribution in [2.75, 3.05) is 5.88 Å². The largest absolute Gasteiger partial charge is 0.300 e. The summed E-state index contributed by atoms with van der Waals surface area (Å²) in [6.45, 7) is 0. The zero-order chi connectivity index (χ0) is 9.26. The number of fused-ring (bicyclic) bond motifs is 1. The molecule has 0 heterocycles. The summed E-state index contributed by atoms with van der Waals surface area (Å²) in [6, 6.07) is 0. The van der Waals surface area contributed by atoms with Crippen LogP contribution in [0.5, 0.6) is 0 Å². The molecule has 0 aromatic rings. The van der Waals surface area contributed by atoms with Crippen molar-refractivity contribution in [3.8, 4) is 0 Å². The minimum absolute atomic E-state index is 0.448. The highest BCUT2D eigenvalue weighted by atomic mass is 35.5. The number of carbonyl (C=O) groups is 1. The van der Waals surface area contributed by atoms with Gasteiger partial charge in [-0.2, -0.15) is 0 Å². The topological polar surface area (TPSA) is 17.1 Å². The molecule has 0 amide bonds. The summed E-state index contributed by atoms with van der Waals surface area (Å²) in [5.74, 6) is 2.46. The molecule has 2 aliphatic carbocycles. The van der Waals surface area contributed by atoms with Gasteiger partial charge in [-0.1, -0.05) is 11.6 Å². The van der Waals surface area contributed by atoms with Crippen LogP contribution in [0.3, 0.4) is 0 Å².